The second kappa shape index (κ2) is 9.19. The number of anilines is 2. The Morgan fingerprint density at radius 2 is 1.81 bits per heavy atom. The summed E-state index contributed by atoms with van der Waals surface area (Å²) in [6.07, 6.45) is 1.38. The molecule has 9 nitrogen and oxygen atoms in total. The van der Waals surface area contributed by atoms with Crippen LogP contribution in [0.25, 0.3) is 0 Å². The van der Waals surface area contributed by atoms with E-state index in [1.54, 1.807) is 13.0 Å². The van der Waals surface area contributed by atoms with Crippen LogP contribution in [0.4, 0.5) is 11.5 Å². The van der Waals surface area contributed by atoms with Crippen LogP contribution in [0.15, 0.2) is 41.4 Å². The Morgan fingerprint density at radius 3 is 2.44 bits per heavy atom. The van der Waals surface area contributed by atoms with Crippen LogP contribution in [0.1, 0.15) is 13.8 Å². The molecule has 2 rings (SSSR count). The number of nitrogen functional groups attached to an aromatic ring is 1. The predicted octanol–water partition coefficient (Wildman–Crippen LogP) is 1.38. The van der Waals surface area contributed by atoms with E-state index in [9.17, 15) is 13.2 Å². The number of ether oxygens (including phenoxy) is 2. The predicted molar refractivity (Wildman–Crippen MR) is 101 cm³/mol. The molecular formula is C17H22N4O5S. The highest BCUT2D eigenvalue weighted by Gasteiger charge is 2.18. The number of sulfonamides is 1. The Bertz CT molecular complexity index is 885. The van der Waals surface area contributed by atoms with Gasteiger partial charge < -0.3 is 20.5 Å². The van der Waals surface area contributed by atoms with E-state index in [4.69, 9.17) is 15.2 Å². The third-order valence-electron chi connectivity index (χ3n) is 3.32. The molecule has 0 radical (unpaired) electrons. The summed E-state index contributed by atoms with van der Waals surface area (Å²) in [6, 6.07) is 7.35. The normalized spacial score (nSPS) is 11.0. The second-order valence-electron chi connectivity index (χ2n) is 5.32. The van der Waals surface area contributed by atoms with Gasteiger partial charge in [-0.05, 0) is 38.1 Å². The lowest BCUT2D eigenvalue weighted by Crippen LogP contribution is -2.33. The molecule has 0 aliphatic heterocycles. The lowest BCUT2D eigenvalue weighted by molar-refractivity contribution is -0.115. The second-order valence-corrected chi connectivity index (χ2v) is 7.09. The molecule has 1 aromatic heterocycles. The largest absolute Gasteiger partial charge is 0.490 e. The maximum atomic E-state index is 12.4. The molecule has 0 aliphatic carbocycles. The van der Waals surface area contributed by atoms with Crippen LogP contribution in [0.2, 0.25) is 0 Å². The summed E-state index contributed by atoms with van der Waals surface area (Å²) in [4.78, 5) is 15.7. The van der Waals surface area contributed by atoms with Crippen LogP contribution < -0.4 is 25.2 Å². The molecule has 10 heteroatoms. The molecule has 0 fully saturated rings. The molecule has 0 bridgehead atoms. The number of rotatable bonds is 9. The van der Waals surface area contributed by atoms with E-state index in [0.29, 0.717) is 36.2 Å². The van der Waals surface area contributed by atoms with Crippen molar-refractivity contribution in [2.45, 2.75) is 18.7 Å². The van der Waals surface area contributed by atoms with Crippen molar-refractivity contribution in [3.63, 3.8) is 0 Å². The van der Waals surface area contributed by atoms with Crippen molar-refractivity contribution in [2.24, 2.45) is 0 Å². The quantitative estimate of drug-likeness (QED) is 0.585. The molecule has 0 saturated heterocycles. The van der Waals surface area contributed by atoms with E-state index in [0.717, 1.165) is 0 Å². The number of pyridine rings is 1. The van der Waals surface area contributed by atoms with Crippen LogP contribution in [0, 0.1) is 0 Å². The topological polar surface area (TPSA) is 133 Å². The molecule has 146 valence electrons. The zero-order valence-electron chi connectivity index (χ0n) is 15.1. The van der Waals surface area contributed by atoms with Crippen molar-refractivity contribution in [1.82, 2.24) is 9.71 Å². The summed E-state index contributed by atoms with van der Waals surface area (Å²) in [7, 11) is -3.91. The fourth-order valence-corrected chi connectivity index (χ4v) is 3.12. The van der Waals surface area contributed by atoms with E-state index >= 15 is 0 Å². The van der Waals surface area contributed by atoms with Crippen molar-refractivity contribution in [3.05, 3.63) is 36.5 Å². The highest BCUT2D eigenvalue weighted by atomic mass is 32.2. The zero-order valence-corrected chi connectivity index (χ0v) is 15.9. The van der Waals surface area contributed by atoms with Crippen molar-refractivity contribution in [2.75, 3.05) is 30.8 Å². The van der Waals surface area contributed by atoms with Gasteiger partial charge in [-0.2, -0.15) is 0 Å². The minimum Gasteiger partial charge on any atom is -0.490 e. The van der Waals surface area contributed by atoms with Gasteiger partial charge in [0.2, 0.25) is 15.9 Å². The van der Waals surface area contributed by atoms with Gasteiger partial charge in [0.1, 0.15) is 5.82 Å². The standard InChI is InChI=1S/C17H22N4O5S/c1-3-25-14-7-6-13(9-15(14)26-4-2)27(23,24)20-11-17(22)21-12-5-8-16(18)19-10-12/h5-10,20H,3-4,11H2,1-2H3,(H2,18,19)(H,21,22). The molecule has 1 aromatic carbocycles. The monoisotopic (exact) mass is 394 g/mol. The molecule has 0 unspecified atom stereocenters. The Hall–Kier alpha value is -2.85. The van der Waals surface area contributed by atoms with Crippen LogP contribution in [0.5, 0.6) is 11.5 Å². The molecule has 2 aromatic rings. The summed E-state index contributed by atoms with van der Waals surface area (Å²) < 4.78 is 38.0. The van der Waals surface area contributed by atoms with Crippen molar-refractivity contribution >= 4 is 27.4 Å². The number of amides is 1. The summed E-state index contributed by atoms with van der Waals surface area (Å²) in [5.74, 6) is 0.543. The molecule has 0 saturated carbocycles. The number of nitrogens with two attached hydrogens (primary N) is 1. The van der Waals surface area contributed by atoms with Gasteiger partial charge in [0, 0.05) is 6.07 Å². The summed E-state index contributed by atoms with van der Waals surface area (Å²) in [6.45, 7) is 3.94. The number of nitrogens with zero attached hydrogens (tertiary/aromatic N) is 1. The smallest absolute Gasteiger partial charge is 0.241 e. The maximum absolute atomic E-state index is 12.4. The van der Waals surface area contributed by atoms with Crippen LogP contribution in [-0.4, -0.2) is 39.1 Å². The number of carbonyl (C=O) groups excluding carboxylic acids is 1. The van der Waals surface area contributed by atoms with E-state index in [1.807, 2.05) is 6.92 Å². The molecule has 4 N–H and O–H groups in total. The van der Waals surface area contributed by atoms with Crippen LogP contribution in [-0.2, 0) is 14.8 Å². The number of aromatic nitrogens is 1. The first-order valence-corrected chi connectivity index (χ1v) is 9.74. The average Bonchev–Trinajstić information content (AvgIpc) is 2.64. The molecule has 0 aliphatic rings. The number of hydrogen-bond donors (Lipinski definition) is 3. The first-order valence-electron chi connectivity index (χ1n) is 8.26. The third kappa shape index (κ3) is 5.83. The Labute approximate surface area is 157 Å². The first-order chi connectivity index (χ1) is 12.9. The van der Waals surface area contributed by atoms with E-state index in [-0.39, 0.29) is 4.90 Å². The Morgan fingerprint density at radius 1 is 1.11 bits per heavy atom. The van der Waals surface area contributed by atoms with Gasteiger partial charge in [-0.3, -0.25) is 4.79 Å². The minimum atomic E-state index is -3.91. The number of benzene rings is 1. The summed E-state index contributed by atoms with van der Waals surface area (Å²) in [5.41, 5.74) is 5.88. The number of nitrogens with one attached hydrogen (secondary N) is 2. The van der Waals surface area contributed by atoms with E-state index in [1.165, 1.54) is 30.5 Å². The van der Waals surface area contributed by atoms with Gasteiger partial charge in [-0.15, -0.1) is 0 Å². The van der Waals surface area contributed by atoms with Crippen LogP contribution >= 0.6 is 0 Å². The Kier molecular flexibility index (Phi) is 6.97. The summed E-state index contributed by atoms with van der Waals surface area (Å²) in [5, 5.41) is 2.52. The minimum absolute atomic E-state index is 0.0312. The van der Waals surface area contributed by atoms with Gasteiger partial charge in [0.05, 0.1) is 36.5 Å². The molecule has 27 heavy (non-hydrogen) atoms. The van der Waals surface area contributed by atoms with E-state index in [2.05, 4.69) is 15.0 Å². The lowest BCUT2D eigenvalue weighted by Gasteiger charge is -2.13. The molecule has 0 spiro atoms. The highest BCUT2D eigenvalue weighted by Crippen LogP contribution is 2.30. The van der Waals surface area contributed by atoms with Gasteiger partial charge in [-0.1, -0.05) is 0 Å². The fourth-order valence-electron chi connectivity index (χ4n) is 2.13. The Balaban J connectivity index is 2.05. The fraction of sp³-hybridized carbons (Fsp3) is 0.294. The maximum Gasteiger partial charge on any atom is 0.241 e. The summed E-state index contributed by atoms with van der Waals surface area (Å²) >= 11 is 0. The van der Waals surface area contributed by atoms with Gasteiger partial charge >= 0.3 is 0 Å². The highest BCUT2D eigenvalue weighted by molar-refractivity contribution is 7.89. The number of hydrogen-bond acceptors (Lipinski definition) is 7. The van der Waals surface area contributed by atoms with Gasteiger partial charge in [0.15, 0.2) is 11.5 Å². The number of carbonyl (C=O) groups is 1. The van der Waals surface area contributed by atoms with Crippen molar-refractivity contribution in [1.29, 1.82) is 0 Å². The molecular weight excluding hydrogens is 372 g/mol. The van der Waals surface area contributed by atoms with Gasteiger partial charge in [-0.25, -0.2) is 18.1 Å². The van der Waals surface area contributed by atoms with E-state index < -0.39 is 22.5 Å². The molecule has 1 amide bonds. The zero-order chi connectivity index (χ0) is 19.9. The molecule has 1 heterocycles. The lowest BCUT2D eigenvalue weighted by atomic mass is 10.3. The molecule has 0 atom stereocenters. The van der Waals surface area contributed by atoms with Crippen molar-refractivity contribution < 1.29 is 22.7 Å². The average molecular weight is 394 g/mol. The third-order valence-corrected chi connectivity index (χ3v) is 4.72. The van der Waals surface area contributed by atoms with Crippen LogP contribution in [0.3, 0.4) is 0 Å². The van der Waals surface area contributed by atoms with Crippen molar-refractivity contribution in [3.8, 4) is 11.5 Å². The SMILES string of the molecule is CCOc1ccc(S(=O)(=O)NCC(=O)Nc2ccc(N)nc2)cc1OCC. The van der Waals surface area contributed by atoms with Gasteiger partial charge in [0.25, 0.3) is 0 Å². The first kappa shape index (κ1) is 20.5.